The van der Waals surface area contributed by atoms with Gasteiger partial charge in [-0.25, -0.2) is 13.6 Å². The molecule has 122 valence electrons. The van der Waals surface area contributed by atoms with Crippen molar-refractivity contribution in [2.24, 2.45) is 0 Å². The zero-order valence-corrected chi connectivity index (χ0v) is 13.3. The Hall–Kier alpha value is -2.82. The fourth-order valence-electron chi connectivity index (χ4n) is 2.63. The molecule has 3 rings (SSSR count). The van der Waals surface area contributed by atoms with E-state index >= 15 is 0 Å². The summed E-state index contributed by atoms with van der Waals surface area (Å²) >= 11 is 0. The monoisotopic (exact) mass is 327 g/mol. The number of esters is 1. The van der Waals surface area contributed by atoms with Gasteiger partial charge in [-0.05, 0) is 38.1 Å². The molecule has 5 heteroatoms. The minimum Gasteiger partial charge on any atom is -0.462 e. The molecule has 0 unspecified atom stereocenters. The van der Waals surface area contributed by atoms with Gasteiger partial charge in [-0.2, -0.15) is 0 Å². The lowest BCUT2D eigenvalue weighted by atomic mass is 9.97. The van der Waals surface area contributed by atoms with Gasteiger partial charge in [0.2, 0.25) is 0 Å². The molecule has 0 N–H and O–H groups in total. The Kier molecular flexibility index (Phi) is 4.25. The summed E-state index contributed by atoms with van der Waals surface area (Å²) < 4.78 is 33.9. The molecular formula is C19H15F2NO2. The SMILES string of the molecule is CCOC(=O)c1ccc2nc(C)c(F)c(-c3ccccc3F)c2c1. The highest BCUT2D eigenvalue weighted by Gasteiger charge is 2.19. The molecule has 0 spiro atoms. The van der Waals surface area contributed by atoms with Crippen molar-refractivity contribution in [3.05, 3.63) is 65.4 Å². The zero-order valence-electron chi connectivity index (χ0n) is 13.3. The molecule has 3 aromatic rings. The average Bonchev–Trinajstić information content (AvgIpc) is 2.57. The maximum Gasteiger partial charge on any atom is 0.338 e. The van der Waals surface area contributed by atoms with Gasteiger partial charge in [0.25, 0.3) is 0 Å². The number of benzene rings is 2. The summed E-state index contributed by atoms with van der Waals surface area (Å²) in [6.07, 6.45) is 0. The number of carbonyl (C=O) groups is 1. The van der Waals surface area contributed by atoms with Crippen LogP contribution in [0, 0.1) is 18.6 Å². The Morgan fingerprint density at radius 1 is 1.17 bits per heavy atom. The molecule has 0 radical (unpaired) electrons. The number of hydrogen-bond acceptors (Lipinski definition) is 3. The summed E-state index contributed by atoms with van der Waals surface area (Å²) in [5.41, 5.74) is 1.16. The number of aryl methyl sites for hydroxylation is 1. The Morgan fingerprint density at radius 2 is 1.92 bits per heavy atom. The molecule has 0 bridgehead atoms. The van der Waals surface area contributed by atoms with Gasteiger partial charge in [-0.1, -0.05) is 18.2 Å². The number of hydrogen-bond donors (Lipinski definition) is 0. The van der Waals surface area contributed by atoms with Crippen molar-refractivity contribution in [2.45, 2.75) is 13.8 Å². The van der Waals surface area contributed by atoms with Crippen LogP contribution in [0.4, 0.5) is 8.78 Å². The van der Waals surface area contributed by atoms with Gasteiger partial charge in [-0.15, -0.1) is 0 Å². The van der Waals surface area contributed by atoms with E-state index in [0.29, 0.717) is 10.9 Å². The number of carbonyl (C=O) groups excluding carboxylic acids is 1. The van der Waals surface area contributed by atoms with Gasteiger partial charge in [0.15, 0.2) is 5.82 Å². The van der Waals surface area contributed by atoms with E-state index in [1.165, 1.54) is 31.2 Å². The predicted octanol–water partition coefficient (Wildman–Crippen LogP) is 4.67. The van der Waals surface area contributed by atoms with Crippen molar-refractivity contribution in [3.8, 4) is 11.1 Å². The molecule has 0 saturated heterocycles. The van der Waals surface area contributed by atoms with E-state index < -0.39 is 17.6 Å². The second-order valence-electron chi connectivity index (χ2n) is 5.32. The Labute approximate surface area is 137 Å². The number of halogens is 2. The summed E-state index contributed by atoms with van der Waals surface area (Å²) in [6.45, 7) is 3.46. The first-order chi connectivity index (χ1) is 11.5. The van der Waals surface area contributed by atoms with Crippen LogP contribution in [0.25, 0.3) is 22.0 Å². The molecule has 24 heavy (non-hydrogen) atoms. The fourth-order valence-corrected chi connectivity index (χ4v) is 2.63. The molecule has 0 aliphatic carbocycles. The van der Waals surface area contributed by atoms with E-state index in [1.807, 2.05) is 0 Å². The summed E-state index contributed by atoms with van der Waals surface area (Å²) in [5, 5.41) is 0.369. The van der Waals surface area contributed by atoms with Gasteiger partial charge in [0, 0.05) is 16.5 Å². The van der Waals surface area contributed by atoms with Gasteiger partial charge in [-0.3, -0.25) is 4.98 Å². The zero-order chi connectivity index (χ0) is 17.3. The molecule has 0 atom stereocenters. The van der Waals surface area contributed by atoms with Crippen LogP contribution in [-0.4, -0.2) is 17.6 Å². The minimum atomic E-state index is -0.603. The lowest BCUT2D eigenvalue weighted by molar-refractivity contribution is 0.0526. The molecule has 2 aromatic carbocycles. The van der Waals surface area contributed by atoms with Crippen LogP contribution in [0.3, 0.4) is 0 Å². The molecule has 3 nitrogen and oxygen atoms in total. The van der Waals surface area contributed by atoms with Gasteiger partial charge in [0.1, 0.15) is 5.82 Å². The molecule has 1 heterocycles. The van der Waals surface area contributed by atoms with Crippen LogP contribution in [0.2, 0.25) is 0 Å². The summed E-state index contributed by atoms with van der Waals surface area (Å²) in [4.78, 5) is 16.1. The molecule has 0 aliphatic heterocycles. The van der Waals surface area contributed by atoms with E-state index in [9.17, 15) is 13.6 Å². The smallest absolute Gasteiger partial charge is 0.338 e. The molecular weight excluding hydrogens is 312 g/mol. The van der Waals surface area contributed by atoms with Gasteiger partial charge < -0.3 is 4.74 Å². The summed E-state index contributed by atoms with van der Waals surface area (Å²) in [6, 6.07) is 10.6. The van der Waals surface area contributed by atoms with E-state index in [-0.39, 0.29) is 29.0 Å². The van der Waals surface area contributed by atoms with Crippen molar-refractivity contribution in [2.75, 3.05) is 6.61 Å². The van der Waals surface area contributed by atoms with E-state index in [2.05, 4.69) is 4.98 Å². The van der Waals surface area contributed by atoms with Crippen LogP contribution in [-0.2, 0) is 4.74 Å². The Morgan fingerprint density at radius 3 is 2.62 bits per heavy atom. The minimum absolute atomic E-state index is 0.0988. The quantitative estimate of drug-likeness (QED) is 0.657. The van der Waals surface area contributed by atoms with Crippen molar-refractivity contribution < 1.29 is 18.3 Å². The third kappa shape index (κ3) is 2.73. The summed E-state index contributed by atoms with van der Waals surface area (Å²) in [7, 11) is 0. The lowest BCUT2D eigenvalue weighted by Gasteiger charge is -2.12. The number of rotatable bonds is 3. The fraction of sp³-hybridized carbons (Fsp3) is 0.158. The number of fused-ring (bicyclic) bond motifs is 1. The van der Waals surface area contributed by atoms with Crippen LogP contribution < -0.4 is 0 Å². The van der Waals surface area contributed by atoms with Crippen LogP contribution in [0.15, 0.2) is 42.5 Å². The van der Waals surface area contributed by atoms with Crippen LogP contribution in [0.1, 0.15) is 23.0 Å². The van der Waals surface area contributed by atoms with Crippen LogP contribution in [0.5, 0.6) is 0 Å². The normalized spacial score (nSPS) is 10.8. The third-order valence-corrected chi connectivity index (χ3v) is 3.75. The number of aromatic nitrogens is 1. The van der Waals surface area contributed by atoms with Gasteiger partial charge >= 0.3 is 5.97 Å². The molecule has 0 aliphatic rings. The second-order valence-corrected chi connectivity index (χ2v) is 5.32. The molecule has 0 saturated carbocycles. The maximum absolute atomic E-state index is 14.7. The Balaban J connectivity index is 2.33. The average molecular weight is 327 g/mol. The second kappa shape index (κ2) is 6.35. The third-order valence-electron chi connectivity index (χ3n) is 3.75. The first-order valence-corrected chi connectivity index (χ1v) is 7.54. The number of ether oxygens (including phenoxy) is 1. The maximum atomic E-state index is 14.7. The van der Waals surface area contributed by atoms with E-state index in [0.717, 1.165) is 0 Å². The van der Waals surface area contributed by atoms with Crippen molar-refractivity contribution >= 4 is 16.9 Å². The molecule has 1 aromatic heterocycles. The van der Waals surface area contributed by atoms with Crippen molar-refractivity contribution in [1.29, 1.82) is 0 Å². The highest BCUT2D eigenvalue weighted by molar-refractivity contribution is 6.00. The topological polar surface area (TPSA) is 39.2 Å². The van der Waals surface area contributed by atoms with Crippen LogP contribution >= 0.6 is 0 Å². The number of nitrogens with zero attached hydrogens (tertiary/aromatic N) is 1. The Bertz CT molecular complexity index is 938. The summed E-state index contributed by atoms with van der Waals surface area (Å²) in [5.74, 6) is -1.65. The van der Waals surface area contributed by atoms with Gasteiger partial charge in [0.05, 0.1) is 23.4 Å². The highest BCUT2D eigenvalue weighted by Crippen LogP contribution is 2.34. The van der Waals surface area contributed by atoms with Crippen molar-refractivity contribution in [1.82, 2.24) is 4.98 Å². The standard InChI is InChI=1S/C19H15F2NO2/c1-3-24-19(23)12-8-9-16-14(10-12)17(18(21)11(2)22-16)13-6-4-5-7-15(13)20/h4-10H,3H2,1-2H3. The molecule has 0 amide bonds. The highest BCUT2D eigenvalue weighted by atomic mass is 19.1. The van der Waals surface area contributed by atoms with Crippen molar-refractivity contribution in [3.63, 3.8) is 0 Å². The largest absolute Gasteiger partial charge is 0.462 e. The predicted molar refractivity (Wildman–Crippen MR) is 87.8 cm³/mol. The molecule has 0 fully saturated rings. The first-order valence-electron chi connectivity index (χ1n) is 7.54. The first kappa shape index (κ1) is 16.1. The lowest BCUT2D eigenvalue weighted by Crippen LogP contribution is -2.05. The number of pyridine rings is 1. The van der Waals surface area contributed by atoms with E-state index in [1.54, 1.807) is 25.1 Å². The van der Waals surface area contributed by atoms with E-state index in [4.69, 9.17) is 4.74 Å².